The Hall–Kier alpha value is -1.71. The summed E-state index contributed by atoms with van der Waals surface area (Å²) in [6.45, 7) is 4.83. The van der Waals surface area contributed by atoms with Gasteiger partial charge >= 0.3 is 5.97 Å². The molecule has 1 aromatic carbocycles. The van der Waals surface area contributed by atoms with Gasteiger partial charge in [-0.25, -0.2) is 0 Å². The van der Waals surface area contributed by atoms with Crippen molar-refractivity contribution in [1.82, 2.24) is 0 Å². The Labute approximate surface area is 126 Å². The van der Waals surface area contributed by atoms with E-state index in [2.05, 4.69) is 18.3 Å². The first-order chi connectivity index (χ1) is 10.1. The average Bonchev–Trinajstić information content (AvgIpc) is 2.47. The van der Waals surface area contributed by atoms with Crippen molar-refractivity contribution in [3.63, 3.8) is 0 Å². The zero-order valence-electron chi connectivity index (χ0n) is 12.9. The summed E-state index contributed by atoms with van der Waals surface area (Å²) in [5.41, 5.74) is 2.14. The Bertz CT molecular complexity index is 487. The summed E-state index contributed by atoms with van der Waals surface area (Å²) in [7, 11) is 0. The second-order valence-corrected chi connectivity index (χ2v) is 5.89. The molecular weight excluding hydrogens is 266 g/mol. The topological polar surface area (TPSA) is 58.6 Å². The fraction of sp³-hybridized carbons (Fsp3) is 0.588. The monoisotopic (exact) mass is 291 g/mol. The summed E-state index contributed by atoms with van der Waals surface area (Å²) < 4.78 is 5.80. The third-order valence-corrected chi connectivity index (χ3v) is 3.98. The fourth-order valence-corrected chi connectivity index (χ4v) is 2.85. The summed E-state index contributed by atoms with van der Waals surface area (Å²) in [4.78, 5) is 11.2. The molecule has 2 unspecified atom stereocenters. The van der Waals surface area contributed by atoms with E-state index in [1.165, 1.54) is 5.56 Å². The molecule has 116 valence electrons. The van der Waals surface area contributed by atoms with Crippen LogP contribution in [0.4, 0.5) is 5.69 Å². The molecule has 2 N–H and O–H groups in total. The van der Waals surface area contributed by atoms with Gasteiger partial charge in [0.25, 0.3) is 0 Å². The van der Waals surface area contributed by atoms with E-state index in [9.17, 15) is 9.90 Å². The molecule has 1 aliphatic rings. The number of carboxylic acids is 1. The second-order valence-electron chi connectivity index (χ2n) is 5.89. The van der Waals surface area contributed by atoms with Gasteiger partial charge in [0.15, 0.2) is 0 Å². The third kappa shape index (κ3) is 4.38. The predicted molar refractivity (Wildman–Crippen MR) is 84.0 cm³/mol. The molecule has 0 bridgehead atoms. The van der Waals surface area contributed by atoms with Gasteiger partial charge in [0.2, 0.25) is 0 Å². The highest BCUT2D eigenvalue weighted by Crippen LogP contribution is 2.31. The van der Waals surface area contributed by atoms with Crippen LogP contribution in [0.15, 0.2) is 18.2 Å². The highest BCUT2D eigenvalue weighted by molar-refractivity contribution is 5.70. The number of carbonyl (C=O) groups is 1. The first kappa shape index (κ1) is 15.7. The first-order valence-corrected chi connectivity index (χ1v) is 7.83. The van der Waals surface area contributed by atoms with Crippen LogP contribution in [-0.4, -0.2) is 23.7 Å². The summed E-state index contributed by atoms with van der Waals surface area (Å²) in [6.07, 6.45) is 4.44. The number of carboxylic acid groups (broad SMARTS) is 1. The molecule has 0 aromatic heterocycles. The van der Waals surface area contributed by atoms with E-state index in [1.807, 2.05) is 19.1 Å². The van der Waals surface area contributed by atoms with Gasteiger partial charge in [-0.15, -0.1) is 0 Å². The van der Waals surface area contributed by atoms with Gasteiger partial charge in [-0.1, -0.05) is 19.4 Å². The van der Waals surface area contributed by atoms with Crippen LogP contribution in [0.5, 0.6) is 5.75 Å². The molecule has 2 atom stereocenters. The van der Waals surface area contributed by atoms with Crippen molar-refractivity contribution < 1.29 is 14.6 Å². The maximum absolute atomic E-state index is 11.2. The van der Waals surface area contributed by atoms with Crippen LogP contribution in [0.1, 0.15) is 44.6 Å². The van der Waals surface area contributed by atoms with Gasteiger partial charge in [0.1, 0.15) is 5.75 Å². The van der Waals surface area contributed by atoms with Crippen LogP contribution in [-0.2, 0) is 4.79 Å². The van der Waals surface area contributed by atoms with Crippen molar-refractivity contribution in [2.75, 3.05) is 11.9 Å². The normalized spacial score (nSPS) is 21.8. The highest BCUT2D eigenvalue weighted by Gasteiger charge is 2.27. The number of benzene rings is 1. The van der Waals surface area contributed by atoms with Gasteiger partial charge < -0.3 is 15.2 Å². The Morgan fingerprint density at radius 2 is 2.24 bits per heavy atom. The summed E-state index contributed by atoms with van der Waals surface area (Å²) in [6, 6.07) is 6.34. The lowest BCUT2D eigenvalue weighted by Crippen LogP contribution is -2.31. The lowest BCUT2D eigenvalue weighted by atomic mass is 9.85. The van der Waals surface area contributed by atoms with E-state index in [0.29, 0.717) is 13.0 Å². The van der Waals surface area contributed by atoms with E-state index in [0.717, 1.165) is 37.1 Å². The zero-order chi connectivity index (χ0) is 15.2. The number of hydrogen-bond donors (Lipinski definition) is 2. The minimum atomic E-state index is -0.673. The van der Waals surface area contributed by atoms with Crippen molar-refractivity contribution in [2.45, 2.75) is 52.0 Å². The molecule has 1 aliphatic carbocycles. The van der Waals surface area contributed by atoms with Gasteiger partial charge in [0, 0.05) is 6.04 Å². The molecule has 0 spiro atoms. The maximum Gasteiger partial charge on any atom is 0.306 e. The van der Waals surface area contributed by atoms with Crippen LogP contribution >= 0.6 is 0 Å². The SMILES string of the molecule is CCCOc1cc(C)ccc1NC1CCCC(C(=O)O)C1. The number of nitrogens with one attached hydrogen (secondary N) is 1. The standard InChI is InChI=1S/C17H25NO3/c1-3-9-21-16-10-12(2)7-8-15(16)18-14-6-4-5-13(11-14)17(19)20/h7-8,10,13-14,18H,3-6,9,11H2,1-2H3,(H,19,20). The molecule has 4 nitrogen and oxygen atoms in total. The number of hydrogen-bond acceptors (Lipinski definition) is 3. The third-order valence-electron chi connectivity index (χ3n) is 3.98. The van der Waals surface area contributed by atoms with Crippen molar-refractivity contribution in [3.8, 4) is 5.75 Å². The van der Waals surface area contributed by atoms with E-state index < -0.39 is 5.97 Å². The molecule has 21 heavy (non-hydrogen) atoms. The molecule has 0 aliphatic heterocycles. The zero-order valence-corrected chi connectivity index (χ0v) is 12.9. The van der Waals surface area contributed by atoms with Crippen molar-refractivity contribution >= 4 is 11.7 Å². The Morgan fingerprint density at radius 3 is 2.95 bits per heavy atom. The Morgan fingerprint density at radius 1 is 1.43 bits per heavy atom. The highest BCUT2D eigenvalue weighted by atomic mass is 16.5. The molecule has 0 heterocycles. The van der Waals surface area contributed by atoms with Crippen LogP contribution in [0.3, 0.4) is 0 Å². The lowest BCUT2D eigenvalue weighted by molar-refractivity contribution is -0.142. The van der Waals surface area contributed by atoms with E-state index >= 15 is 0 Å². The number of aliphatic carboxylic acids is 1. The van der Waals surface area contributed by atoms with E-state index in [-0.39, 0.29) is 12.0 Å². The molecule has 0 radical (unpaired) electrons. The van der Waals surface area contributed by atoms with Crippen LogP contribution in [0.2, 0.25) is 0 Å². The fourth-order valence-electron chi connectivity index (χ4n) is 2.85. The summed E-state index contributed by atoms with van der Waals surface area (Å²) in [5, 5.41) is 12.7. The average molecular weight is 291 g/mol. The van der Waals surface area contributed by atoms with E-state index in [4.69, 9.17) is 4.74 Å². The minimum absolute atomic E-state index is 0.214. The largest absolute Gasteiger partial charge is 0.491 e. The van der Waals surface area contributed by atoms with Gasteiger partial charge in [-0.2, -0.15) is 0 Å². The first-order valence-electron chi connectivity index (χ1n) is 7.83. The number of anilines is 1. The predicted octanol–water partition coefficient (Wildman–Crippen LogP) is 3.84. The van der Waals surface area contributed by atoms with Crippen LogP contribution in [0.25, 0.3) is 0 Å². The van der Waals surface area contributed by atoms with Gasteiger partial charge in [-0.05, 0) is 50.3 Å². The number of aryl methyl sites for hydroxylation is 1. The lowest BCUT2D eigenvalue weighted by Gasteiger charge is -2.29. The Balaban J connectivity index is 2.06. The maximum atomic E-state index is 11.2. The van der Waals surface area contributed by atoms with Crippen molar-refractivity contribution in [2.24, 2.45) is 5.92 Å². The second kappa shape index (κ2) is 7.34. The van der Waals surface area contributed by atoms with Crippen molar-refractivity contribution in [3.05, 3.63) is 23.8 Å². The molecule has 1 aromatic rings. The molecule has 0 saturated heterocycles. The van der Waals surface area contributed by atoms with E-state index in [1.54, 1.807) is 0 Å². The van der Waals surface area contributed by atoms with Crippen molar-refractivity contribution in [1.29, 1.82) is 0 Å². The molecule has 2 rings (SSSR count). The molecule has 0 amide bonds. The summed E-state index contributed by atoms with van der Waals surface area (Å²) in [5.74, 6) is -0.0242. The quantitative estimate of drug-likeness (QED) is 0.836. The molecular formula is C17H25NO3. The summed E-state index contributed by atoms with van der Waals surface area (Å²) >= 11 is 0. The molecule has 1 saturated carbocycles. The number of rotatable bonds is 6. The Kier molecular flexibility index (Phi) is 5.48. The minimum Gasteiger partial charge on any atom is -0.491 e. The molecule has 4 heteroatoms. The van der Waals surface area contributed by atoms with Crippen LogP contribution in [0, 0.1) is 12.8 Å². The van der Waals surface area contributed by atoms with Gasteiger partial charge in [-0.3, -0.25) is 4.79 Å². The van der Waals surface area contributed by atoms with Gasteiger partial charge in [0.05, 0.1) is 18.2 Å². The molecule has 1 fully saturated rings. The van der Waals surface area contributed by atoms with Crippen LogP contribution < -0.4 is 10.1 Å². The smallest absolute Gasteiger partial charge is 0.306 e. The number of ether oxygens (including phenoxy) is 1.